The van der Waals surface area contributed by atoms with E-state index in [2.05, 4.69) is 5.32 Å². The van der Waals surface area contributed by atoms with E-state index in [4.69, 9.17) is 11.6 Å². The number of hydrogen-bond acceptors (Lipinski definition) is 6. The van der Waals surface area contributed by atoms with Gasteiger partial charge in [0.25, 0.3) is 15.7 Å². The Kier molecular flexibility index (Phi) is 10.0. The molecule has 0 aliphatic heterocycles. The van der Waals surface area contributed by atoms with Gasteiger partial charge in [-0.1, -0.05) is 61.0 Å². The Morgan fingerprint density at radius 1 is 1.00 bits per heavy atom. The average Bonchev–Trinajstić information content (AvgIpc) is 2.93. The highest BCUT2D eigenvalue weighted by molar-refractivity contribution is 7.92. The highest BCUT2D eigenvalue weighted by Gasteiger charge is 2.34. The minimum atomic E-state index is -4.33. The Balaban J connectivity index is 2.10. The third kappa shape index (κ3) is 7.12. The lowest BCUT2D eigenvalue weighted by molar-refractivity contribution is -0.384. The maximum atomic E-state index is 13.9. The number of likely N-dealkylation sites (N-methyl/N-ethyl adjacent to an activating group) is 1. The van der Waals surface area contributed by atoms with Gasteiger partial charge in [-0.15, -0.1) is 0 Å². The van der Waals surface area contributed by atoms with Gasteiger partial charge in [-0.2, -0.15) is 0 Å². The van der Waals surface area contributed by atoms with Gasteiger partial charge in [-0.05, 0) is 43.2 Å². The quantitative estimate of drug-likeness (QED) is 0.253. The Hall–Kier alpha value is -3.96. The lowest BCUT2D eigenvalue weighted by Gasteiger charge is -2.33. The number of benzene rings is 3. The topological polar surface area (TPSA) is 130 Å². The van der Waals surface area contributed by atoms with E-state index in [1.165, 1.54) is 47.4 Å². The number of nitro groups is 1. The highest BCUT2D eigenvalue weighted by Crippen LogP contribution is 2.28. The Morgan fingerprint density at radius 3 is 2.28 bits per heavy atom. The summed E-state index contributed by atoms with van der Waals surface area (Å²) in [4.78, 5) is 38.8. The molecule has 0 bridgehead atoms. The summed E-state index contributed by atoms with van der Waals surface area (Å²) in [6.45, 7) is 3.07. The lowest BCUT2D eigenvalue weighted by atomic mass is 10.1. The number of rotatable bonds is 12. The van der Waals surface area contributed by atoms with Crippen LogP contribution in [0.2, 0.25) is 5.02 Å². The van der Waals surface area contributed by atoms with Gasteiger partial charge in [-0.25, -0.2) is 8.42 Å². The van der Waals surface area contributed by atoms with Gasteiger partial charge < -0.3 is 10.2 Å². The Morgan fingerprint density at radius 2 is 1.67 bits per heavy atom. The van der Waals surface area contributed by atoms with Crippen LogP contribution in [-0.4, -0.2) is 49.2 Å². The molecule has 0 aliphatic carbocycles. The van der Waals surface area contributed by atoms with Crippen LogP contribution in [0.15, 0.2) is 83.8 Å². The van der Waals surface area contributed by atoms with E-state index in [9.17, 15) is 28.1 Å². The van der Waals surface area contributed by atoms with Crippen LogP contribution in [0.3, 0.4) is 0 Å². The van der Waals surface area contributed by atoms with Crippen LogP contribution >= 0.6 is 11.6 Å². The molecule has 0 saturated heterocycles. The molecule has 1 N–H and O–H groups in total. The van der Waals surface area contributed by atoms with Crippen LogP contribution in [0.5, 0.6) is 0 Å². The second-order valence-corrected chi connectivity index (χ2v) is 10.8. The maximum Gasteiger partial charge on any atom is 0.271 e. The molecule has 0 saturated carbocycles. The van der Waals surface area contributed by atoms with Gasteiger partial charge in [0, 0.05) is 30.2 Å². The highest BCUT2D eigenvalue weighted by atomic mass is 35.5. The van der Waals surface area contributed by atoms with Crippen molar-refractivity contribution in [2.45, 2.75) is 37.8 Å². The van der Waals surface area contributed by atoms with Gasteiger partial charge >= 0.3 is 0 Å². The van der Waals surface area contributed by atoms with Gasteiger partial charge in [0.2, 0.25) is 11.8 Å². The van der Waals surface area contributed by atoms with Gasteiger partial charge in [0.15, 0.2) is 0 Å². The van der Waals surface area contributed by atoms with Gasteiger partial charge in [0.1, 0.15) is 12.6 Å². The number of nitrogens with zero attached hydrogens (tertiary/aromatic N) is 3. The summed E-state index contributed by atoms with van der Waals surface area (Å²) in [5.41, 5.74) is 0.170. The summed E-state index contributed by atoms with van der Waals surface area (Å²) in [5, 5.41) is 14.5. The fourth-order valence-corrected chi connectivity index (χ4v) is 5.65. The lowest BCUT2D eigenvalue weighted by Crippen LogP contribution is -2.52. The second kappa shape index (κ2) is 13.2. The number of halogens is 1. The minimum Gasteiger partial charge on any atom is -0.355 e. The molecule has 1 atom stereocenters. The standard InChI is InChI=1S/C27H29ClN4O6S/c1-3-25(27(34)29-4-2)30(18-20-11-8-9-16-24(20)28)26(33)19-31(21-12-10-13-22(17-21)32(35)36)39(37,38)23-14-6-5-7-15-23/h5-17,25H,3-4,18-19H2,1-2H3,(H,29,34)/t25-/m1/s1. The summed E-state index contributed by atoms with van der Waals surface area (Å²) >= 11 is 6.35. The maximum absolute atomic E-state index is 13.9. The number of nitrogens with one attached hydrogen (secondary N) is 1. The number of nitro benzene ring substituents is 1. The van der Waals surface area contributed by atoms with E-state index < -0.39 is 39.3 Å². The normalized spacial score (nSPS) is 11.9. The summed E-state index contributed by atoms with van der Waals surface area (Å²) in [7, 11) is -4.33. The molecule has 0 fully saturated rings. The predicted molar refractivity (Wildman–Crippen MR) is 149 cm³/mol. The predicted octanol–water partition coefficient (Wildman–Crippen LogP) is 4.39. The van der Waals surface area contributed by atoms with Crippen LogP contribution in [0.25, 0.3) is 0 Å². The number of amides is 2. The van der Waals surface area contributed by atoms with Crippen LogP contribution < -0.4 is 9.62 Å². The van der Waals surface area contributed by atoms with E-state index in [1.807, 2.05) is 0 Å². The van der Waals surface area contributed by atoms with Crippen LogP contribution in [0, 0.1) is 10.1 Å². The smallest absolute Gasteiger partial charge is 0.271 e. The number of hydrogen-bond donors (Lipinski definition) is 1. The molecule has 0 unspecified atom stereocenters. The number of non-ortho nitro benzene ring substituents is 1. The van der Waals surface area contributed by atoms with Crippen molar-refractivity contribution in [3.63, 3.8) is 0 Å². The monoisotopic (exact) mass is 572 g/mol. The molecule has 0 heterocycles. The minimum absolute atomic E-state index is 0.0533. The first kappa shape index (κ1) is 29.6. The first-order valence-electron chi connectivity index (χ1n) is 12.2. The molecule has 0 radical (unpaired) electrons. The van der Waals surface area contributed by atoms with Crippen molar-refractivity contribution in [2.24, 2.45) is 0 Å². The molecular weight excluding hydrogens is 544 g/mol. The average molecular weight is 573 g/mol. The van der Waals surface area contributed by atoms with Crippen molar-refractivity contribution in [2.75, 3.05) is 17.4 Å². The largest absolute Gasteiger partial charge is 0.355 e. The summed E-state index contributed by atoms with van der Waals surface area (Å²) in [6, 6.07) is 18.4. The van der Waals surface area contributed by atoms with E-state index in [-0.39, 0.29) is 29.2 Å². The Labute approximate surface area is 232 Å². The van der Waals surface area contributed by atoms with E-state index in [0.717, 1.165) is 10.4 Å². The third-order valence-corrected chi connectivity index (χ3v) is 8.13. The number of anilines is 1. The molecule has 12 heteroatoms. The third-order valence-electron chi connectivity index (χ3n) is 5.97. The van der Waals surface area contributed by atoms with Crippen LogP contribution in [-0.2, 0) is 26.2 Å². The van der Waals surface area contributed by atoms with E-state index in [1.54, 1.807) is 44.2 Å². The molecule has 3 aromatic carbocycles. The van der Waals surface area contributed by atoms with Crippen molar-refractivity contribution in [1.82, 2.24) is 10.2 Å². The van der Waals surface area contributed by atoms with Crippen molar-refractivity contribution in [3.8, 4) is 0 Å². The first-order valence-corrected chi connectivity index (χ1v) is 14.0. The zero-order valence-electron chi connectivity index (χ0n) is 21.5. The SMILES string of the molecule is CCNC(=O)[C@@H](CC)N(Cc1ccccc1Cl)C(=O)CN(c1cccc([N+](=O)[O-])c1)S(=O)(=O)c1ccccc1. The molecule has 3 rings (SSSR count). The van der Waals surface area contributed by atoms with Gasteiger partial charge in [-0.3, -0.25) is 24.0 Å². The molecule has 0 aromatic heterocycles. The van der Waals surface area contributed by atoms with E-state index >= 15 is 0 Å². The first-order chi connectivity index (χ1) is 18.6. The Bertz CT molecular complexity index is 1430. The van der Waals surface area contributed by atoms with Crippen molar-refractivity contribution in [3.05, 3.63) is 99.6 Å². The molecule has 0 aliphatic rings. The van der Waals surface area contributed by atoms with Crippen molar-refractivity contribution in [1.29, 1.82) is 0 Å². The fraction of sp³-hybridized carbons (Fsp3) is 0.259. The number of carbonyl (C=O) groups is 2. The van der Waals surface area contributed by atoms with Crippen LogP contribution in [0.1, 0.15) is 25.8 Å². The summed E-state index contributed by atoms with van der Waals surface area (Å²) in [5.74, 6) is -1.08. The molecule has 39 heavy (non-hydrogen) atoms. The fourth-order valence-electron chi connectivity index (χ4n) is 4.03. The molecular formula is C27H29ClN4O6S. The van der Waals surface area contributed by atoms with Crippen molar-refractivity contribution < 1.29 is 22.9 Å². The summed E-state index contributed by atoms with van der Waals surface area (Å²) < 4.78 is 28.3. The van der Waals surface area contributed by atoms with Gasteiger partial charge in [0.05, 0.1) is 15.5 Å². The number of carbonyl (C=O) groups excluding carboxylic acids is 2. The molecule has 2 amide bonds. The zero-order chi connectivity index (χ0) is 28.6. The zero-order valence-corrected chi connectivity index (χ0v) is 23.1. The molecule has 3 aromatic rings. The number of sulfonamides is 1. The molecule has 0 spiro atoms. The van der Waals surface area contributed by atoms with Crippen molar-refractivity contribution >= 4 is 44.8 Å². The van der Waals surface area contributed by atoms with E-state index in [0.29, 0.717) is 17.1 Å². The second-order valence-electron chi connectivity index (χ2n) is 8.53. The van der Waals surface area contributed by atoms with Crippen LogP contribution in [0.4, 0.5) is 11.4 Å². The molecule has 10 nitrogen and oxygen atoms in total. The summed E-state index contributed by atoms with van der Waals surface area (Å²) in [6.07, 6.45) is 0.254. The molecule has 206 valence electrons.